The number of para-hydroxylation sites is 1. The van der Waals surface area contributed by atoms with Gasteiger partial charge in [0, 0.05) is 13.0 Å². The number of hydrogen-bond donors (Lipinski definition) is 2. The van der Waals surface area contributed by atoms with Gasteiger partial charge in [-0.2, -0.15) is 0 Å². The van der Waals surface area contributed by atoms with Crippen LogP contribution in [-0.4, -0.2) is 23.3 Å². The highest BCUT2D eigenvalue weighted by molar-refractivity contribution is 7.21. The SMILES string of the molecule is O=C1CC[C@H](C(=O)NCc2ccc(-c3nc4ccccc4s3)o2)CN1. The molecule has 2 amide bonds. The van der Waals surface area contributed by atoms with Crippen molar-refractivity contribution >= 4 is 33.4 Å². The van der Waals surface area contributed by atoms with Gasteiger partial charge in [0.15, 0.2) is 10.8 Å². The van der Waals surface area contributed by atoms with Gasteiger partial charge in [-0.05, 0) is 30.7 Å². The zero-order valence-electron chi connectivity index (χ0n) is 13.5. The molecule has 1 atom stereocenters. The lowest BCUT2D eigenvalue weighted by atomic mass is 9.98. The lowest BCUT2D eigenvalue weighted by Crippen LogP contribution is -2.42. The van der Waals surface area contributed by atoms with Crippen molar-refractivity contribution in [2.75, 3.05) is 6.54 Å². The lowest BCUT2D eigenvalue weighted by molar-refractivity contribution is -0.129. The number of furan rings is 1. The predicted molar refractivity (Wildman–Crippen MR) is 94.9 cm³/mol. The third-order valence-corrected chi connectivity index (χ3v) is 5.29. The van der Waals surface area contributed by atoms with E-state index in [2.05, 4.69) is 15.6 Å². The molecule has 1 aliphatic rings. The third kappa shape index (κ3) is 3.41. The maximum absolute atomic E-state index is 12.2. The van der Waals surface area contributed by atoms with E-state index in [9.17, 15) is 9.59 Å². The summed E-state index contributed by atoms with van der Waals surface area (Å²) in [5.74, 6) is 1.17. The van der Waals surface area contributed by atoms with Gasteiger partial charge in [-0.15, -0.1) is 11.3 Å². The Morgan fingerprint density at radius 3 is 3.00 bits per heavy atom. The highest BCUT2D eigenvalue weighted by Crippen LogP contribution is 2.31. The van der Waals surface area contributed by atoms with E-state index in [1.54, 1.807) is 11.3 Å². The molecule has 0 saturated carbocycles. The van der Waals surface area contributed by atoms with Crippen LogP contribution in [0.15, 0.2) is 40.8 Å². The molecule has 4 rings (SSSR count). The van der Waals surface area contributed by atoms with Crippen LogP contribution in [-0.2, 0) is 16.1 Å². The molecule has 3 aromatic rings. The Morgan fingerprint density at radius 2 is 2.20 bits per heavy atom. The number of amides is 2. The number of nitrogens with one attached hydrogen (secondary N) is 2. The van der Waals surface area contributed by atoms with Gasteiger partial charge >= 0.3 is 0 Å². The highest BCUT2D eigenvalue weighted by Gasteiger charge is 2.24. The molecule has 2 aromatic heterocycles. The number of aromatic nitrogens is 1. The molecule has 3 heterocycles. The number of thiazole rings is 1. The zero-order valence-corrected chi connectivity index (χ0v) is 14.3. The first kappa shape index (κ1) is 15.8. The van der Waals surface area contributed by atoms with E-state index < -0.39 is 0 Å². The van der Waals surface area contributed by atoms with Crippen molar-refractivity contribution in [1.29, 1.82) is 0 Å². The second-order valence-corrected chi connectivity index (χ2v) is 7.04. The number of fused-ring (bicyclic) bond motifs is 1. The molecule has 1 aliphatic heterocycles. The molecule has 128 valence electrons. The first-order valence-corrected chi connectivity index (χ1v) is 9.00. The van der Waals surface area contributed by atoms with Gasteiger partial charge in [-0.3, -0.25) is 9.59 Å². The van der Waals surface area contributed by atoms with Gasteiger partial charge in [-0.25, -0.2) is 4.98 Å². The molecule has 0 bridgehead atoms. The van der Waals surface area contributed by atoms with Crippen molar-refractivity contribution in [3.8, 4) is 10.8 Å². The molecule has 2 N–H and O–H groups in total. The Bertz CT molecular complexity index is 887. The summed E-state index contributed by atoms with van der Waals surface area (Å²) < 4.78 is 6.93. The number of carbonyl (C=O) groups is 2. The first-order valence-electron chi connectivity index (χ1n) is 8.18. The third-order valence-electron chi connectivity index (χ3n) is 4.24. The maximum atomic E-state index is 12.2. The number of nitrogens with zero attached hydrogens (tertiary/aromatic N) is 1. The van der Waals surface area contributed by atoms with Crippen LogP contribution in [0, 0.1) is 5.92 Å². The van der Waals surface area contributed by atoms with Crippen LogP contribution in [0.5, 0.6) is 0 Å². The Hall–Kier alpha value is -2.67. The fourth-order valence-electron chi connectivity index (χ4n) is 2.84. The molecule has 1 fully saturated rings. The summed E-state index contributed by atoms with van der Waals surface area (Å²) in [6.07, 6.45) is 0.993. The summed E-state index contributed by atoms with van der Waals surface area (Å²) in [4.78, 5) is 27.9. The molecular formula is C18H17N3O3S. The summed E-state index contributed by atoms with van der Waals surface area (Å²) in [7, 11) is 0. The van der Waals surface area contributed by atoms with E-state index in [1.807, 2.05) is 36.4 Å². The second kappa shape index (κ2) is 6.68. The topological polar surface area (TPSA) is 84.2 Å². The van der Waals surface area contributed by atoms with Crippen molar-refractivity contribution in [3.63, 3.8) is 0 Å². The van der Waals surface area contributed by atoms with Gasteiger partial charge in [0.05, 0.1) is 22.7 Å². The summed E-state index contributed by atoms with van der Waals surface area (Å²) in [6, 6.07) is 11.7. The minimum Gasteiger partial charge on any atom is -0.457 e. The average molecular weight is 355 g/mol. The monoisotopic (exact) mass is 355 g/mol. The van der Waals surface area contributed by atoms with Gasteiger partial charge < -0.3 is 15.1 Å². The maximum Gasteiger partial charge on any atom is 0.225 e. The molecule has 7 heteroatoms. The van der Waals surface area contributed by atoms with Crippen molar-refractivity contribution in [1.82, 2.24) is 15.6 Å². The highest BCUT2D eigenvalue weighted by atomic mass is 32.1. The Morgan fingerprint density at radius 1 is 1.32 bits per heavy atom. The first-order chi connectivity index (χ1) is 12.2. The number of carbonyl (C=O) groups excluding carboxylic acids is 2. The number of piperidine rings is 1. The second-order valence-electron chi connectivity index (χ2n) is 6.01. The molecule has 0 unspecified atom stereocenters. The number of hydrogen-bond acceptors (Lipinski definition) is 5. The van der Waals surface area contributed by atoms with Gasteiger partial charge in [0.2, 0.25) is 11.8 Å². The van der Waals surface area contributed by atoms with Crippen LogP contribution >= 0.6 is 11.3 Å². The van der Waals surface area contributed by atoms with E-state index in [1.165, 1.54) is 0 Å². The molecule has 0 aliphatic carbocycles. The molecule has 1 aromatic carbocycles. The van der Waals surface area contributed by atoms with E-state index in [-0.39, 0.29) is 17.7 Å². The molecule has 25 heavy (non-hydrogen) atoms. The summed E-state index contributed by atoms with van der Waals surface area (Å²) in [5, 5.41) is 6.42. The molecule has 6 nitrogen and oxygen atoms in total. The zero-order chi connectivity index (χ0) is 17.2. The van der Waals surface area contributed by atoms with E-state index in [0.29, 0.717) is 37.5 Å². The number of rotatable bonds is 4. The summed E-state index contributed by atoms with van der Waals surface area (Å²) >= 11 is 1.58. The van der Waals surface area contributed by atoms with Crippen molar-refractivity contribution in [2.45, 2.75) is 19.4 Å². The van der Waals surface area contributed by atoms with Crippen LogP contribution in [0.1, 0.15) is 18.6 Å². The van der Waals surface area contributed by atoms with Crippen LogP contribution in [0.25, 0.3) is 21.0 Å². The standard InChI is InChI=1S/C18H17N3O3S/c22-16-8-5-11(9-19-16)17(23)20-10-12-6-7-14(24-12)18-21-13-3-1-2-4-15(13)25-18/h1-4,6-7,11H,5,8-10H2,(H,19,22)(H,20,23)/t11-/m0/s1. The largest absolute Gasteiger partial charge is 0.457 e. The van der Waals surface area contributed by atoms with Gasteiger partial charge in [0.25, 0.3) is 0 Å². The van der Waals surface area contributed by atoms with Crippen LogP contribution in [0.4, 0.5) is 0 Å². The van der Waals surface area contributed by atoms with Crippen LogP contribution in [0.3, 0.4) is 0 Å². The van der Waals surface area contributed by atoms with Crippen molar-refractivity contribution in [2.24, 2.45) is 5.92 Å². The minimum atomic E-state index is -0.170. The summed E-state index contributed by atoms with van der Waals surface area (Å²) in [5.41, 5.74) is 0.952. The molecule has 0 radical (unpaired) electrons. The van der Waals surface area contributed by atoms with E-state index in [0.717, 1.165) is 15.2 Å². The Kier molecular flexibility index (Phi) is 4.23. The fourth-order valence-corrected chi connectivity index (χ4v) is 3.77. The van der Waals surface area contributed by atoms with Gasteiger partial charge in [-0.1, -0.05) is 12.1 Å². The Balaban J connectivity index is 1.39. The van der Waals surface area contributed by atoms with Crippen LogP contribution in [0.2, 0.25) is 0 Å². The van der Waals surface area contributed by atoms with E-state index in [4.69, 9.17) is 4.42 Å². The molecule has 0 spiro atoms. The Labute approximate surface area is 148 Å². The van der Waals surface area contributed by atoms with E-state index >= 15 is 0 Å². The van der Waals surface area contributed by atoms with Crippen molar-refractivity contribution < 1.29 is 14.0 Å². The quantitative estimate of drug-likeness (QED) is 0.754. The van der Waals surface area contributed by atoms with Crippen molar-refractivity contribution in [3.05, 3.63) is 42.2 Å². The predicted octanol–water partition coefficient (Wildman–Crippen LogP) is 2.70. The number of benzene rings is 1. The molecular weight excluding hydrogens is 338 g/mol. The lowest BCUT2D eigenvalue weighted by Gasteiger charge is -2.21. The van der Waals surface area contributed by atoms with Crippen LogP contribution < -0.4 is 10.6 Å². The van der Waals surface area contributed by atoms with Gasteiger partial charge in [0.1, 0.15) is 5.76 Å². The smallest absolute Gasteiger partial charge is 0.225 e. The summed E-state index contributed by atoms with van der Waals surface area (Å²) in [6.45, 7) is 0.730. The minimum absolute atomic E-state index is 0.00978. The molecule has 1 saturated heterocycles. The fraction of sp³-hybridized carbons (Fsp3) is 0.278. The normalized spacial score (nSPS) is 17.4. The average Bonchev–Trinajstić information content (AvgIpc) is 3.26.